The Bertz CT molecular complexity index is 469. The molecule has 82 valence electrons. The van der Waals surface area contributed by atoms with E-state index in [4.69, 9.17) is 10.8 Å². The highest BCUT2D eigenvalue weighted by Crippen LogP contribution is 2.08. The molecule has 1 aromatic carbocycles. The molecule has 1 rings (SSSR count). The SMILES string of the molecule is NC(=O)CC#Cc1ccccc1CC(=O)O. The first-order valence-corrected chi connectivity index (χ1v) is 4.66. The maximum absolute atomic E-state index is 10.6. The van der Waals surface area contributed by atoms with Gasteiger partial charge in [-0.05, 0) is 11.6 Å². The predicted molar refractivity (Wildman–Crippen MR) is 58.5 cm³/mol. The summed E-state index contributed by atoms with van der Waals surface area (Å²) in [7, 11) is 0. The number of aliphatic carboxylic acids is 1. The summed E-state index contributed by atoms with van der Waals surface area (Å²) in [4.78, 5) is 21.1. The molecular weight excluding hydrogens is 206 g/mol. The molecule has 0 aromatic heterocycles. The number of carboxylic acid groups (broad SMARTS) is 1. The summed E-state index contributed by atoms with van der Waals surface area (Å²) in [5, 5.41) is 8.68. The lowest BCUT2D eigenvalue weighted by Gasteiger charge is -1.99. The van der Waals surface area contributed by atoms with E-state index in [0.29, 0.717) is 11.1 Å². The number of carboxylic acids is 1. The first kappa shape index (κ1) is 11.8. The maximum Gasteiger partial charge on any atom is 0.307 e. The zero-order valence-corrected chi connectivity index (χ0v) is 8.56. The minimum Gasteiger partial charge on any atom is -0.481 e. The van der Waals surface area contributed by atoms with Gasteiger partial charge in [-0.15, -0.1) is 0 Å². The molecular formula is C12H11NO3. The van der Waals surface area contributed by atoms with Crippen LogP contribution in [0.25, 0.3) is 0 Å². The maximum atomic E-state index is 10.6. The minimum absolute atomic E-state index is 0.0264. The van der Waals surface area contributed by atoms with Gasteiger partial charge in [-0.1, -0.05) is 30.0 Å². The van der Waals surface area contributed by atoms with Crippen LogP contribution in [0.5, 0.6) is 0 Å². The van der Waals surface area contributed by atoms with Crippen molar-refractivity contribution in [1.82, 2.24) is 0 Å². The molecule has 0 unspecified atom stereocenters. The van der Waals surface area contributed by atoms with Crippen LogP contribution in [0.2, 0.25) is 0 Å². The number of primary amides is 1. The molecule has 0 atom stereocenters. The summed E-state index contributed by atoms with van der Waals surface area (Å²) >= 11 is 0. The van der Waals surface area contributed by atoms with Gasteiger partial charge in [0.1, 0.15) is 0 Å². The normalized spacial score (nSPS) is 9.00. The molecule has 4 heteroatoms. The van der Waals surface area contributed by atoms with Gasteiger partial charge in [0.25, 0.3) is 0 Å². The van der Waals surface area contributed by atoms with Crippen molar-refractivity contribution in [2.75, 3.05) is 0 Å². The average molecular weight is 217 g/mol. The van der Waals surface area contributed by atoms with Crippen LogP contribution >= 0.6 is 0 Å². The molecule has 0 aliphatic rings. The highest BCUT2D eigenvalue weighted by molar-refractivity contribution is 5.76. The van der Waals surface area contributed by atoms with Crippen LogP contribution in [0.4, 0.5) is 0 Å². The number of hydrogen-bond acceptors (Lipinski definition) is 2. The van der Waals surface area contributed by atoms with Crippen molar-refractivity contribution >= 4 is 11.9 Å². The third-order valence-corrected chi connectivity index (χ3v) is 1.84. The first-order chi connectivity index (χ1) is 7.59. The molecule has 0 aliphatic heterocycles. The van der Waals surface area contributed by atoms with Crippen molar-refractivity contribution in [3.8, 4) is 11.8 Å². The lowest BCUT2D eigenvalue weighted by Crippen LogP contribution is -2.08. The molecule has 0 saturated carbocycles. The van der Waals surface area contributed by atoms with Gasteiger partial charge in [-0.25, -0.2) is 0 Å². The van der Waals surface area contributed by atoms with Crippen molar-refractivity contribution in [1.29, 1.82) is 0 Å². The fourth-order valence-corrected chi connectivity index (χ4v) is 1.19. The number of rotatable bonds is 3. The Labute approximate surface area is 93.1 Å². The van der Waals surface area contributed by atoms with Crippen molar-refractivity contribution in [2.45, 2.75) is 12.8 Å². The zero-order chi connectivity index (χ0) is 12.0. The van der Waals surface area contributed by atoms with E-state index in [1.807, 2.05) is 0 Å². The molecule has 0 radical (unpaired) electrons. The lowest BCUT2D eigenvalue weighted by molar-refractivity contribution is -0.136. The third-order valence-electron chi connectivity index (χ3n) is 1.84. The van der Waals surface area contributed by atoms with Gasteiger partial charge >= 0.3 is 5.97 Å². The number of carbonyl (C=O) groups excluding carboxylic acids is 1. The van der Waals surface area contributed by atoms with Crippen LogP contribution in [0.15, 0.2) is 24.3 Å². The van der Waals surface area contributed by atoms with E-state index < -0.39 is 11.9 Å². The molecule has 0 spiro atoms. The van der Waals surface area contributed by atoms with Crippen LogP contribution in [0.1, 0.15) is 17.5 Å². The number of benzene rings is 1. The highest BCUT2D eigenvalue weighted by atomic mass is 16.4. The van der Waals surface area contributed by atoms with Gasteiger partial charge < -0.3 is 10.8 Å². The quantitative estimate of drug-likeness (QED) is 0.725. The summed E-state index contributed by atoms with van der Waals surface area (Å²) in [5.74, 6) is 3.92. The Balaban J connectivity index is 2.89. The summed E-state index contributed by atoms with van der Waals surface area (Å²) in [6, 6.07) is 6.92. The largest absolute Gasteiger partial charge is 0.481 e. The van der Waals surface area contributed by atoms with Crippen molar-refractivity contribution < 1.29 is 14.7 Å². The van der Waals surface area contributed by atoms with E-state index >= 15 is 0 Å². The summed E-state index contributed by atoms with van der Waals surface area (Å²) in [6.07, 6.45) is -0.108. The van der Waals surface area contributed by atoms with E-state index in [0.717, 1.165) is 0 Å². The van der Waals surface area contributed by atoms with Gasteiger partial charge in [-0.2, -0.15) is 0 Å². The molecule has 0 bridgehead atoms. The monoisotopic (exact) mass is 217 g/mol. The molecule has 0 heterocycles. The summed E-state index contributed by atoms with van der Waals surface area (Å²) in [5.41, 5.74) is 6.19. The van der Waals surface area contributed by atoms with Gasteiger partial charge in [0.15, 0.2) is 0 Å². The topological polar surface area (TPSA) is 80.4 Å². The van der Waals surface area contributed by atoms with E-state index in [1.165, 1.54) is 0 Å². The number of nitrogens with two attached hydrogens (primary N) is 1. The highest BCUT2D eigenvalue weighted by Gasteiger charge is 2.03. The second kappa shape index (κ2) is 5.56. The minimum atomic E-state index is -0.913. The van der Waals surface area contributed by atoms with Gasteiger partial charge in [0, 0.05) is 5.56 Å². The Morgan fingerprint density at radius 1 is 1.31 bits per heavy atom. The molecule has 4 nitrogen and oxygen atoms in total. The van der Waals surface area contributed by atoms with Crippen LogP contribution in [-0.4, -0.2) is 17.0 Å². The molecule has 0 fully saturated rings. The Kier molecular flexibility index (Phi) is 4.10. The molecule has 0 saturated heterocycles. The fraction of sp³-hybridized carbons (Fsp3) is 0.167. The lowest BCUT2D eigenvalue weighted by atomic mass is 10.1. The fourth-order valence-electron chi connectivity index (χ4n) is 1.19. The Hall–Kier alpha value is -2.28. The van der Waals surface area contributed by atoms with Gasteiger partial charge in [0.05, 0.1) is 12.8 Å². The molecule has 16 heavy (non-hydrogen) atoms. The van der Waals surface area contributed by atoms with Crippen LogP contribution in [0.3, 0.4) is 0 Å². The third kappa shape index (κ3) is 3.84. The van der Waals surface area contributed by atoms with Gasteiger partial charge in [0.2, 0.25) is 5.91 Å². The Morgan fingerprint density at radius 3 is 2.62 bits per heavy atom. The summed E-state index contributed by atoms with van der Waals surface area (Å²) < 4.78 is 0. The molecule has 1 aromatic rings. The number of hydrogen-bond donors (Lipinski definition) is 2. The summed E-state index contributed by atoms with van der Waals surface area (Å²) in [6.45, 7) is 0. The average Bonchev–Trinajstić information content (AvgIpc) is 2.19. The van der Waals surface area contributed by atoms with Crippen molar-refractivity contribution in [3.63, 3.8) is 0 Å². The molecule has 1 amide bonds. The standard InChI is InChI=1S/C12H11NO3/c13-11(14)7-3-6-9-4-1-2-5-10(9)8-12(15)16/h1-2,4-5H,7-8H2,(H2,13,14)(H,15,16). The number of amides is 1. The first-order valence-electron chi connectivity index (χ1n) is 4.66. The van der Waals surface area contributed by atoms with Gasteiger partial charge in [-0.3, -0.25) is 9.59 Å². The number of carbonyl (C=O) groups is 2. The zero-order valence-electron chi connectivity index (χ0n) is 8.56. The Morgan fingerprint density at radius 2 is 2.00 bits per heavy atom. The second-order valence-corrected chi connectivity index (χ2v) is 3.17. The van der Waals surface area contributed by atoms with Crippen molar-refractivity contribution in [2.24, 2.45) is 5.73 Å². The van der Waals surface area contributed by atoms with E-state index in [2.05, 4.69) is 11.8 Å². The van der Waals surface area contributed by atoms with Crippen LogP contribution < -0.4 is 5.73 Å². The van der Waals surface area contributed by atoms with E-state index in [1.54, 1.807) is 24.3 Å². The van der Waals surface area contributed by atoms with Crippen molar-refractivity contribution in [3.05, 3.63) is 35.4 Å². The van der Waals surface area contributed by atoms with E-state index in [9.17, 15) is 9.59 Å². The molecule has 0 aliphatic carbocycles. The second-order valence-electron chi connectivity index (χ2n) is 3.17. The smallest absolute Gasteiger partial charge is 0.307 e. The molecule has 3 N–H and O–H groups in total. The van der Waals surface area contributed by atoms with Crippen LogP contribution in [-0.2, 0) is 16.0 Å². The van der Waals surface area contributed by atoms with E-state index in [-0.39, 0.29) is 12.8 Å². The van der Waals surface area contributed by atoms with Crippen LogP contribution in [0, 0.1) is 11.8 Å². The predicted octanol–water partition coefficient (Wildman–Crippen LogP) is 0.541.